The normalized spacial score (nSPS) is 14.7. The number of amides is 1. The summed E-state index contributed by atoms with van der Waals surface area (Å²) in [5.41, 5.74) is 1.24. The zero-order valence-corrected chi connectivity index (χ0v) is 13.0. The second kappa shape index (κ2) is 5.61. The summed E-state index contributed by atoms with van der Waals surface area (Å²) in [5.74, 6) is -0.230. The highest BCUT2D eigenvalue weighted by atomic mass is 19.4. The molecule has 1 saturated carbocycles. The monoisotopic (exact) mass is 345 g/mol. The molecular formula is C18H14F3N3O. The van der Waals surface area contributed by atoms with Gasteiger partial charge in [0, 0.05) is 18.4 Å². The van der Waals surface area contributed by atoms with Gasteiger partial charge in [0.25, 0.3) is 5.91 Å². The molecule has 25 heavy (non-hydrogen) atoms. The lowest BCUT2D eigenvalue weighted by atomic mass is 10.0. The first-order valence-electron chi connectivity index (χ1n) is 7.87. The van der Waals surface area contributed by atoms with Gasteiger partial charge in [-0.05, 0) is 48.2 Å². The fourth-order valence-electron chi connectivity index (χ4n) is 2.63. The summed E-state index contributed by atoms with van der Waals surface area (Å²) in [5, 5.41) is 2.86. The van der Waals surface area contributed by atoms with Gasteiger partial charge in [-0.2, -0.15) is 13.2 Å². The molecule has 7 heteroatoms. The first kappa shape index (κ1) is 15.7. The van der Waals surface area contributed by atoms with Crippen molar-refractivity contribution in [2.24, 2.45) is 0 Å². The van der Waals surface area contributed by atoms with Gasteiger partial charge < -0.3 is 9.72 Å². The molecule has 0 spiro atoms. The number of hydrogen-bond acceptors (Lipinski definition) is 2. The third kappa shape index (κ3) is 3.22. The number of hydrogen-bond donors (Lipinski definition) is 1. The predicted octanol–water partition coefficient (Wildman–Crippen LogP) is 3.91. The fraction of sp³-hybridized carbons (Fsp3) is 0.222. The van der Waals surface area contributed by atoms with Gasteiger partial charge in [-0.1, -0.05) is 12.1 Å². The molecule has 4 rings (SSSR count). The standard InChI is InChI=1S/C18H14F3N3O/c19-18(20,21)13-3-1-2-11(8-13)12-4-7-16-23-15(10-24(16)9-12)17(25)22-14-5-6-14/h1-4,7-10,14H,5-6H2,(H,22,25). The van der Waals surface area contributed by atoms with Crippen molar-refractivity contribution in [3.63, 3.8) is 0 Å². The second-order valence-electron chi connectivity index (χ2n) is 6.14. The van der Waals surface area contributed by atoms with E-state index in [4.69, 9.17) is 0 Å². The Hall–Kier alpha value is -2.83. The Morgan fingerprint density at radius 3 is 2.64 bits per heavy atom. The van der Waals surface area contributed by atoms with E-state index in [9.17, 15) is 18.0 Å². The molecule has 0 bridgehead atoms. The molecule has 1 amide bonds. The van der Waals surface area contributed by atoms with Gasteiger partial charge in [0.1, 0.15) is 11.3 Å². The molecular weight excluding hydrogens is 331 g/mol. The van der Waals surface area contributed by atoms with Crippen molar-refractivity contribution in [1.29, 1.82) is 0 Å². The lowest BCUT2D eigenvalue weighted by molar-refractivity contribution is -0.137. The third-order valence-electron chi connectivity index (χ3n) is 4.12. The lowest BCUT2D eigenvalue weighted by Crippen LogP contribution is -2.25. The number of carbonyl (C=O) groups is 1. The van der Waals surface area contributed by atoms with Crippen LogP contribution in [-0.2, 0) is 6.18 Å². The van der Waals surface area contributed by atoms with Gasteiger partial charge >= 0.3 is 6.18 Å². The molecule has 0 atom stereocenters. The first-order chi connectivity index (χ1) is 11.9. The summed E-state index contributed by atoms with van der Waals surface area (Å²) in [6.07, 6.45) is 0.844. The number of carbonyl (C=O) groups excluding carboxylic acids is 1. The summed E-state index contributed by atoms with van der Waals surface area (Å²) in [6.45, 7) is 0. The van der Waals surface area contributed by atoms with Crippen LogP contribution >= 0.6 is 0 Å². The molecule has 4 nitrogen and oxygen atoms in total. The van der Waals surface area contributed by atoms with Crippen LogP contribution in [0.5, 0.6) is 0 Å². The van der Waals surface area contributed by atoms with E-state index in [1.807, 2.05) is 0 Å². The molecule has 2 aromatic heterocycles. The zero-order chi connectivity index (χ0) is 17.6. The summed E-state index contributed by atoms with van der Waals surface area (Å²) in [6, 6.07) is 8.76. The van der Waals surface area contributed by atoms with Gasteiger partial charge in [-0.15, -0.1) is 0 Å². The SMILES string of the molecule is O=C(NC1CC1)c1cn2cc(-c3cccc(C(F)(F)F)c3)ccc2n1. The van der Waals surface area contributed by atoms with Crippen LogP contribution in [0.15, 0.2) is 48.8 Å². The number of nitrogens with one attached hydrogen (secondary N) is 1. The van der Waals surface area contributed by atoms with Crippen LogP contribution in [0.3, 0.4) is 0 Å². The number of rotatable bonds is 3. The average Bonchev–Trinajstić information content (AvgIpc) is 3.28. The fourth-order valence-corrected chi connectivity index (χ4v) is 2.63. The molecule has 1 aliphatic rings. The Morgan fingerprint density at radius 2 is 1.92 bits per heavy atom. The molecule has 0 aliphatic heterocycles. The number of pyridine rings is 1. The minimum absolute atomic E-state index is 0.230. The van der Waals surface area contributed by atoms with E-state index >= 15 is 0 Å². The molecule has 128 valence electrons. The number of benzene rings is 1. The quantitative estimate of drug-likeness (QED) is 0.782. The first-order valence-corrected chi connectivity index (χ1v) is 7.87. The maximum atomic E-state index is 12.9. The molecule has 0 saturated heterocycles. The van der Waals surface area contributed by atoms with Gasteiger partial charge in [-0.3, -0.25) is 4.79 Å². The van der Waals surface area contributed by atoms with Gasteiger partial charge in [0.05, 0.1) is 5.56 Å². The molecule has 2 heterocycles. The highest BCUT2D eigenvalue weighted by Crippen LogP contribution is 2.32. The number of imidazole rings is 1. The molecule has 1 N–H and O–H groups in total. The van der Waals surface area contributed by atoms with Gasteiger partial charge in [0.15, 0.2) is 0 Å². The number of nitrogens with zero attached hydrogens (tertiary/aromatic N) is 2. The summed E-state index contributed by atoms with van der Waals surface area (Å²) < 4.78 is 40.3. The third-order valence-corrected chi connectivity index (χ3v) is 4.12. The Morgan fingerprint density at radius 1 is 1.12 bits per heavy atom. The van der Waals surface area contributed by atoms with Crippen LogP contribution in [0.25, 0.3) is 16.8 Å². The van der Waals surface area contributed by atoms with Crippen molar-refractivity contribution in [3.8, 4) is 11.1 Å². The summed E-state index contributed by atoms with van der Waals surface area (Å²) in [7, 11) is 0. The van der Waals surface area contributed by atoms with Crippen molar-refractivity contribution < 1.29 is 18.0 Å². The maximum absolute atomic E-state index is 12.9. The van der Waals surface area contributed by atoms with Gasteiger partial charge in [0.2, 0.25) is 0 Å². The van der Waals surface area contributed by atoms with Crippen LogP contribution in [-0.4, -0.2) is 21.3 Å². The van der Waals surface area contributed by atoms with Crippen LogP contribution in [0.2, 0.25) is 0 Å². The maximum Gasteiger partial charge on any atom is 0.416 e. The van der Waals surface area contributed by atoms with Crippen LogP contribution in [0, 0.1) is 0 Å². The number of halogens is 3. The molecule has 0 radical (unpaired) electrons. The highest BCUT2D eigenvalue weighted by Gasteiger charge is 2.30. The van der Waals surface area contributed by atoms with Crippen molar-refractivity contribution in [2.45, 2.75) is 25.1 Å². The molecule has 0 unspecified atom stereocenters. The Bertz CT molecular complexity index is 958. The van der Waals surface area contributed by atoms with Crippen molar-refractivity contribution in [1.82, 2.24) is 14.7 Å². The van der Waals surface area contributed by atoms with E-state index in [0.717, 1.165) is 25.0 Å². The number of alkyl halides is 3. The summed E-state index contributed by atoms with van der Waals surface area (Å²) >= 11 is 0. The molecule has 1 aliphatic carbocycles. The van der Waals surface area contributed by atoms with Crippen molar-refractivity contribution in [2.75, 3.05) is 0 Å². The zero-order valence-electron chi connectivity index (χ0n) is 13.0. The van der Waals surface area contributed by atoms with Crippen LogP contribution in [0.4, 0.5) is 13.2 Å². The second-order valence-corrected chi connectivity index (χ2v) is 6.14. The van der Waals surface area contributed by atoms with E-state index in [1.54, 1.807) is 35.0 Å². The molecule has 1 aromatic carbocycles. The van der Waals surface area contributed by atoms with Gasteiger partial charge in [-0.25, -0.2) is 4.98 Å². The lowest BCUT2D eigenvalue weighted by Gasteiger charge is -2.09. The minimum atomic E-state index is -4.39. The smallest absolute Gasteiger partial charge is 0.348 e. The van der Waals surface area contributed by atoms with Crippen molar-refractivity contribution >= 4 is 11.6 Å². The van der Waals surface area contributed by atoms with Crippen molar-refractivity contribution in [3.05, 3.63) is 60.0 Å². The highest BCUT2D eigenvalue weighted by molar-refractivity contribution is 5.93. The summed E-state index contributed by atoms with van der Waals surface area (Å²) in [4.78, 5) is 16.3. The largest absolute Gasteiger partial charge is 0.416 e. The Labute approximate surface area is 141 Å². The predicted molar refractivity (Wildman–Crippen MR) is 86.1 cm³/mol. The number of fused-ring (bicyclic) bond motifs is 1. The Kier molecular flexibility index (Phi) is 3.52. The molecule has 1 fully saturated rings. The minimum Gasteiger partial charge on any atom is -0.348 e. The van der Waals surface area contributed by atoms with Crippen LogP contribution in [0.1, 0.15) is 28.9 Å². The van der Waals surface area contributed by atoms with E-state index in [-0.39, 0.29) is 11.9 Å². The number of aromatic nitrogens is 2. The average molecular weight is 345 g/mol. The van der Waals surface area contributed by atoms with E-state index in [1.165, 1.54) is 6.07 Å². The van der Waals surface area contributed by atoms with E-state index < -0.39 is 11.7 Å². The van der Waals surface area contributed by atoms with Crippen LogP contribution < -0.4 is 5.32 Å². The topological polar surface area (TPSA) is 46.4 Å². The van der Waals surface area contributed by atoms with E-state index in [0.29, 0.717) is 22.5 Å². The molecule has 3 aromatic rings. The Balaban J connectivity index is 1.68. The van der Waals surface area contributed by atoms with E-state index in [2.05, 4.69) is 10.3 Å².